The number of hydrogen-bond donors (Lipinski definition) is 0. The lowest BCUT2D eigenvalue weighted by Crippen LogP contribution is -2.28. The van der Waals surface area contributed by atoms with Crippen LogP contribution >= 0.6 is 0 Å². The molecule has 0 fully saturated rings. The Hall–Kier alpha value is -1.57. The highest BCUT2D eigenvalue weighted by molar-refractivity contribution is 5.84. The van der Waals surface area contributed by atoms with Crippen molar-refractivity contribution in [3.8, 4) is 0 Å². The molecule has 0 radical (unpaired) electrons. The summed E-state index contributed by atoms with van der Waals surface area (Å²) in [5.41, 5.74) is 9.56. The second-order valence-corrected chi connectivity index (χ2v) is 8.04. The summed E-state index contributed by atoms with van der Waals surface area (Å²) in [5, 5.41) is 0. The number of aryl methyl sites for hydroxylation is 1. The van der Waals surface area contributed by atoms with E-state index in [9.17, 15) is 0 Å². The molecule has 4 atom stereocenters. The molecule has 0 spiro atoms. The molecule has 0 N–H and O–H groups in total. The van der Waals surface area contributed by atoms with Crippen LogP contribution in [-0.4, -0.2) is 4.98 Å². The van der Waals surface area contributed by atoms with Gasteiger partial charge in [-0.15, -0.1) is 0 Å². The van der Waals surface area contributed by atoms with Crippen LogP contribution in [0.25, 0.3) is 11.1 Å². The van der Waals surface area contributed by atoms with E-state index in [-0.39, 0.29) is 0 Å². The van der Waals surface area contributed by atoms with Crippen molar-refractivity contribution >= 4 is 11.1 Å². The van der Waals surface area contributed by atoms with Crippen LogP contribution in [0.2, 0.25) is 0 Å². The molecule has 122 valence electrons. The lowest BCUT2D eigenvalue weighted by atomic mass is 9.62. The Labute approximate surface area is 139 Å². The van der Waals surface area contributed by atoms with E-state index >= 15 is 0 Å². The minimum Gasteiger partial charge on any atom is -0.443 e. The van der Waals surface area contributed by atoms with Crippen LogP contribution in [0, 0.1) is 12.8 Å². The molecule has 1 aromatic carbocycles. The molecule has 0 unspecified atom stereocenters. The highest BCUT2D eigenvalue weighted by Crippen LogP contribution is 2.55. The van der Waals surface area contributed by atoms with Crippen LogP contribution in [0.15, 0.2) is 22.5 Å². The van der Waals surface area contributed by atoms with Gasteiger partial charge < -0.3 is 4.42 Å². The summed E-state index contributed by atoms with van der Waals surface area (Å²) in [6.45, 7) is 11.5. The summed E-state index contributed by atoms with van der Waals surface area (Å²) in [5.74, 6) is 2.56. The summed E-state index contributed by atoms with van der Waals surface area (Å²) in [6.07, 6.45) is 7.97. The standard InChI is InChI=1S/C21H27NO/c1-11(2)8-15-9-13(4)16-7-6-12(3)17-19(16)18(15)14(5)20-21(17)23-10-22-20/h8,10,12-13,15-16H,6-7,9H2,1-5H3/t12-,13+,15-,16-/m1/s1. The first-order chi connectivity index (χ1) is 11.0. The van der Waals surface area contributed by atoms with E-state index in [1.807, 2.05) is 0 Å². The lowest BCUT2D eigenvalue weighted by molar-refractivity contribution is 0.332. The molecule has 2 aromatic rings. The third-order valence-electron chi connectivity index (χ3n) is 6.14. The maximum atomic E-state index is 5.86. The Balaban J connectivity index is 2.10. The Morgan fingerprint density at radius 3 is 2.70 bits per heavy atom. The van der Waals surface area contributed by atoms with Gasteiger partial charge in [0.15, 0.2) is 12.0 Å². The van der Waals surface area contributed by atoms with Gasteiger partial charge in [-0.25, -0.2) is 4.98 Å². The van der Waals surface area contributed by atoms with E-state index < -0.39 is 0 Å². The summed E-state index contributed by atoms with van der Waals surface area (Å²) >= 11 is 0. The molecule has 0 aliphatic heterocycles. The van der Waals surface area contributed by atoms with Crippen molar-refractivity contribution in [2.24, 2.45) is 5.92 Å². The summed E-state index contributed by atoms with van der Waals surface area (Å²) in [4.78, 5) is 4.56. The fourth-order valence-electron chi connectivity index (χ4n) is 5.19. The average Bonchev–Trinajstić information content (AvgIpc) is 2.95. The second kappa shape index (κ2) is 5.22. The van der Waals surface area contributed by atoms with Crippen LogP contribution in [0.4, 0.5) is 0 Å². The van der Waals surface area contributed by atoms with E-state index in [1.165, 1.54) is 36.0 Å². The number of oxazole rings is 1. The lowest BCUT2D eigenvalue weighted by Gasteiger charge is -2.42. The number of aromatic nitrogens is 1. The van der Waals surface area contributed by atoms with Gasteiger partial charge in [0.1, 0.15) is 5.52 Å². The van der Waals surface area contributed by atoms with Crippen LogP contribution < -0.4 is 0 Å². The predicted molar refractivity (Wildman–Crippen MR) is 95.1 cm³/mol. The Kier molecular flexibility index (Phi) is 3.40. The molecular weight excluding hydrogens is 282 g/mol. The van der Waals surface area contributed by atoms with Crippen molar-refractivity contribution in [3.63, 3.8) is 0 Å². The van der Waals surface area contributed by atoms with Gasteiger partial charge in [-0.05, 0) is 74.5 Å². The van der Waals surface area contributed by atoms with Gasteiger partial charge in [-0.3, -0.25) is 0 Å². The van der Waals surface area contributed by atoms with Crippen molar-refractivity contribution in [1.82, 2.24) is 4.98 Å². The summed E-state index contributed by atoms with van der Waals surface area (Å²) in [7, 11) is 0. The first-order valence-corrected chi connectivity index (χ1v) is 9.03. The normalized spacial score (nSPS) is 29.4. The Morgan fingerprint density at radius 1 is 1.17 bits per heavy atom. The number of allylic oxidation sites excluding steroid dienone is 2. The molecule has 0 saturated carbocycles. The summed E-state index contributed by atoms with van der Waals surface area (Å²) < 4.78 is 5.86. The van der Waals surface area contributed by atoms with E-state index in [1.54, 1.807) is 17.5 Å². The highest BCUT2D eigenvalue weighted by Gasteiger charge is 2.40. The van der Waals surface area contributed by atoms with Crippen molar-refractivity contribution < 1.29 is 4.42 Å². The third kappa shape index (κ3) is 2.10. The van der Waals surface area contributed by atoms with Crippen molar-refractivity contribution in [2.45, 2.75) is 71.6 Å². The first-order valence-electron chi connectivity index (χ1n) is 9.03. The van der Waals surface area contributed by atoms with E-state index in [2.05, 4.69) is 45.7 Å². The summed E-state index contributed by atoms with van der Waals surface area (Å²) in [6, 6.07) is 0. The minimum absolute atomic E-state index is 0.534. The van der Waals surface area contributed by atoms with E-state index in [4.69, 9.17) is 4.42 Å². The Bertz CT molecular complexity index is 794. The molecule has 1 heterocycles. The first kappa shape index (κ1) is 15.0. The molecular formula is C21H27NO. The maximum absolute atomic E-state index is 5.86. The third-order valence-corrected chi connectivity index (χ3v) is 6.14. The van der Waals surface area contributed by atoms with Crippen LogP contribution in [0.3, 0.4) is 0 Å². The topological polar surface area (TPSA) is 26.0 Å². The van der Waals surface area contributed by atoms with Gasteiger partial charge in [0.05, 0.1) is 0 Å². The number of nitrogens with zero attached hydrogens (tertiary/aromatic N) is 1. The van der Waals surface area contributed by atoms with Crippen LogP contribution in [0.1, 0.15) is 87.0 Å². The smallest absolute Gasteiger partial charge is 0.182 e. The van der Waals surface area contributed by atoms with E-state index in [0.29, 0.717) is 17.8 Å². The average molecular weight is 309 g/mol. The molecule has 23 heavy (non-hydrogen) atoms. The molecule has 1 aromatic heterocycles. The van der Waals surface area contributed by atoms with Gasteiger partial charge in [0.25, 0.3) is 0 Å². The SMILES string of the molecule is CC(C)=C[C@@H]1C[C@H](C)[C@H]2CC[C@@H](C)c3c2c1c(C)c1ncoc31. The molecule has 4 rings (SSSR count). The van der Waals surface area contributed by atoms with Crippen molar-refractivity contribution in [3.05, 3.63) is 40.3 Å². The van der Waals surface area contributed by atoms with E-state index in [0.717, 1.165) is 17.0 Å². The molecule has 0 saturated heterocycles. The molecule has 2 nitrogen and oxygen atoms in total. The maximum Gasteiger partial charge on any atom is 0.182 e. The number of rotatable bonds is 1. The zero-order valence-electron chi connectivity index (χ0n) is 14.9. The molecule has 0 bridgehead atoms. The van der Waals surface area contributed by atoms with Gasteiger partial charge >= 0.3 is 0 Å². The fourth-order valence-corrected chi connectivity index (χ4v) is 5.19. The van der Waals surface area contributed by atoms with Gasteiger partial charge in [0.2, 0.25) is 0 Å². The quantitative estimate of drug-likeness (QED) is 0.585. The fraction of sp³-hybridized carbons (Fsp3) is 0.571. The largest absolute Gasteiger partial charge is 0.443 e. The van der Waals surface area contributed by atoms with Crippen molar-refractivity contribution in [1.29, 1.82) is 0 Å². The monoisotopic (exact) mass is 309 g/mol. The van der Waals surface area contributed by atoms with Gasteiger partial charge in [0, 0.05) is 11.5 Å². The molecule has 2 aliphatic carbocycles. The zero-order chi connectivity index (χ0) is 16.3. The molecule has 2 heteroatoms. The molecule has 2 aliphatic rings. The number of benzene rings is 1. The van der Waals surface area contributed by atoms with Gasteiger partial charge in [-0.1, -0.05) is 25.5 Å². The second-order valence-electron chi connectivity index (χ2n) is 8.04. The predicted octanol–water partition coefficient (Wildman–Crippen LogP) is 6.21. The molecule has 0 amide bonds. The number of fused-ring (bicyclic) bond motifs is 2. The van der Waals surface area contributed by atoms with Crippen LogP contribution in [-0.2, 0) is 0 Å². The Morgan fingerprint density at radius 2 is 1.96 bits per heavy atom. The van der Waals surface area contributed by atoms with Crippen molar-refractivity contribution in [2.75, 3.05) is 0 Å². The van der Waals surface area contributed by atoms with Crippen LogP contribution in [0.5, 0.6) is 0 Å². The van der Waals surface area contributed by atoms with Gasteiger partial charge in [-0.2, -0.15) is 0 Å². The highest BCUT2D eigenvalue weighted by atomic mass is 16.3. The minimum atomic E-state index is 0.534. The zero-order valence-corrected chi connectivity index (χ0v) is 14.9. The number of hydrogen-bond acceptors (Lipinski definition) is 2.